The number of esters is 1. The summed E-state index contributed by atoms with van der Waals surface area (Å²) in [6.07, 6.45) is 4.77. The summed E-state index contributed by atoms with van der Waals surface area (Å²) in [7, 11) is 1.45. The van der Waals surface area contributed by atoms with Crippen LogP contribution in [0.15, 0.2) is 12.5 Å². The maximum atomic E-state index is 11.7. The molecule has 17 heavy (non-hydrogen) atoms. The van der Waals surface area contributed by atoms with Crippen molar-refractivity contribution in [2.45, 2.75) is 25.8 Å². The monoisotopic (exact) mass is 237 g/mol. The van der Waals surface area contributed by atoms with Crippen LogP contribution in [0.25, 0.3) is 0 Å². The summed E-state index contributed by atoms with van der Waals surface area (Å²) in [5.41, 5.74) is 1.13. The molecule has 0 radical (unpaired) electrons. The molecule has 1 saturated heterocycles. The number of carbonyl (C=O) groups is 1. The number of aromatic nitrogens is 2. The van der Waals surface area contributed by atoms with Gasteiger partial charge in [0.25, 0.3) is 0 Å². The Morgan fingerprint density at radius 1 is 1.65 bits per heavy atom. The minimum absolute atomic E-state index is 0.0905. The summed E-state index contributed by atoms with van der Waals surface area (Å²) < 4.78 is 6.99. The lowest BCUT2D eigenvalue weighted by molar-refractivity contribution is -0.145. The van der Waals surface area contributed by atoms with Crippen molar-refractivity contribution in [2.24, 2.45) is 5.92 Å². The number of rotatable bonds is 4. The van der Waals surface area contributed by atoms with Gasteiger partial charge >= 0.3 is 5.97 Å². The van der Waals surface area contributed by atoms with E-state index in [1.807, 2.05) is 12.5 Å². The van der Waals surface area contributed by atoms with Gasteiger partial charge in [0.05, 0.1) is 19.4 Å². The second-order valence-corrected chi connectivity index (χ2v) is 4.41. The van der Waals surface area contributed by atoms with Crippen molar-refractivity contribution in [3.05, 3.63) is 18.2 Å². The minimum Gasteiger partial charge on any atom is -0.469 e. The zero-order valence-corrected chi connectivity index (χ0v) is 10.3. The normalized spacial score (nSPS) is 23.9. The van der Waals surface area contributed by atoms with Crippen LogP contribution >= 0.6 is 0 Å². The van der Waals surface area contributed by atoms with Crippen LogP contribution in [-0.4, -0.2) is 35.7 Å². The molecular weight excluding hydrogens is 218 g/mol. The van der Waals surface area contributed by atoms with Crippen molar-refractivity contribution in [3.8, 4) is 0 Å². The lowest BCUT2D eigenvalue weighted by atomic mass is 9.93. The van der Waals surface area contributed by atoms with Crippen molar-refractivity contribution < 1.29 is 9.53 Å². The number of imidazole rings is 1. The fourth-order valence-corrected chi connectivity index (χ4v) is 2.46. The highest BCUT2D eigenvalue weighted by Crippen LogP contribution is 2.28. The first kappa shape index (κ1) is 12.1. The van der Waals surface area contributed by atoms with E-state index in [0.717, 1.165) is 25.2 Å². The van der Waals surface area contributed by atoms with E-state index < -0.39 is 0 Å². The van der Waals surface area contributed by atoms with Gasteiger partial charge in [-0.15, -0.1) is 0 Å². The Kier molecular flexibility index (Phi) is 3.78. The van der Waals surface area contributed by atoms with Gasteiger partial charge in [0.2, 0.25) is 0 Å². The van der Waals surface area contributed by atoms with E-state index in [2.05, 4.69) is 21.8 Å². The van der Waals surface area contributed by atoms with Gasteiger partial charge in [-0.3, -0.25) is 4.79 Å². The van der Waals surface area contributed by atoms with E-state index in [-0.39, 0.29) is 17.8 Å². The number of nitrogens with one attached hydrogen (secondary N) is 1. The largest absolute Gasteiger partial charge is 0.469 e. The van der Waals surface area contributed by atoms with Crippen molar-refractivity contribution in [1.29, 1.82) is 0 Å². The number of hydrogen-bond donors (Lipinski definition) is 1. The molecule has 5 nitrogen and oxygen atoms in total. The van der Waals surface area contributed by atoms with Gasteiger partial charge in [0, 0.05) is 37.4 Å². The van der Waals surface area contributed by atoms with Crippen LogP contribution in [0.5, 0.6) is 0 Å². The highest BCUT2D eigenvalue weighted by molar-refractivity contribution is 5.74. The highest BCUT2D eigenvalue weighted by Gasteiger charge is 2.36. The molecule has 1 aliphatic rings. The van der Waals surface area contributed by atoms with E-state index in [9.17, 15) is 4.79 Å². The van der Waals surface area contributed by atoms with Gasteiger partial charge in [0.1, 0.15) is 0 Å². The van der Waals surface area contributed by atoms with E-state index in [0.29, 0.717) is 6.54 Å². The first-order chi connectivity index (χ1) is 8.27. The molecule has 2 atom stereocenters. The first-order valence-electron chi connectivity index (χ1n) is 6.06. The number of aryl methyl sites for hydroxylation is 1. The molecule has 0 spiro atoms. The fraction of sp³-hybridized carbons (Fsp3) is 0.667. The van der Waals surface area contributed by atoms with Crippen molar-refractivity contribution in [2.75, 3.05) is 20.2 Å². The molecular formula is C12H19N3O2. The smallest absolute Gasteiger partial charge is 0.310 e. The summed E-state index contributed by atoms with van der Waals surface area (Å²) in [6.45, 7) is 4.58. The summed E-state index contributed by atoms with van der Waals surface area (Å²) >= 11 is 0. The molecule has 0 amide bonds. The van der Waals surface area contributed by atoms with Crippen LogP contribution in [0.4, 0.5) is 0 Å². The van der Waals surface area contributed by atoms with Crippen molar-refractivity contribution in [3.63, 3.8) is 0 Å². The highest BCUT2D eigenvalue weighted by atomic mass is 16.5. The van der Waals surface area contributed by atoms with E-state index in [1.165, 1.54) is 7.11 Å². The lowest BCUT2D eigenvalue weighted by Gasteiger charge is -2.18. The van der Waals surface area contributed by atoms with Gasteiger partial charge in [-0.1, -0.05) is 6.92 Å². The van der Waals surface area contributed by atoms with E-state index in [4.69, 9.17) is 4.74 Å². The Hall–Kier alpha value is -1.36. The summed E-state index contributed by atoms with van der Waals surface area (Å²) in [5, 5.41) is 3.25. The lowest BCUT2D eigenvalue weighted by Crippen LogP contribution is -2.24. The van der Waals surface area contributed by atoms with E-state index >= 15 is 0 Å². The third-order valence-corrected chi connectivity index (χ3v) is 3.31. The Morgan fingerprint density at radius 3 is 3.18 bits per heavy atom. The predicted octanol–water partition coefficient (Wildman–Crippen LogP) is 0.769. The van der Waals surface area contributed by atoms with Crippen LogP contribution in [0.2, 0.25) is 0 Å². The van der Waals surface area contributed by atoms with Crippen LogP contribution in [0, 0.1) is 5.92 Å². The Balaban J connectivity index is 2.20. The van der Waals surface area contributed by atoms with Gasteiger partial charge in [-0.05, 0) is 6.42 Å². The topological polar surface area (TPSA) is 56.2 Å². The number of carbonyl (C=O) groups excluding carboxylic acids is 1. The number of ether oxygens (including phenoxy) is 1. The third kappa shape index (κ3) is 2.34. The maximum absolute atomic E-state index is 11.7. The summed E-state index contributed by atoms with van der Waals surface area (Å²) in [4.78, 5) is 15.9. The predicted molar refractivity (Wildman–Crippen MR) is 63.6 cm³/mol. The Labute approximate surface area is 101 Å². The molecule has 1 aromatic rings. The molecule has 2 heterocycles. The number of nitrogens with zero attached hydrogens (tertiary/aromatic N) is 2. The van der Waals surface area contributed by atoms with Crippen molar-refractivity contribution >= 4 is 5.97 Å². The SMILES string of the molecule is CCCn1cncc1C1CNCC1C(=O)OC. The third-order valence-electron chi connectivity index (χ3n) is 3.31. The molecule has 1 N–H and O–H groups in total. The molecule has 0 bridgehead atoms. The molecule has 5 heteroatoms. The van der Waals surface area contributed by atoms with Gasteiger partial charge < -0.3 is 14.6 Å². The Morgan fingerprint density at radius 2 is 2.47 bits per heavy atom. The average Bonchev–Trinajstić information content (AvgIpc) is 2.95. The Bertz CT molecular complexity index is 389. The van der Waals surface area contributed by atoms with Gasteiger partial charge in [-0.25, -0.2) is 4.98 Å². The first-order valence-corrected chi connectivity index (χ1v) is 6.06. The molecule has 1 aliphatic heterocycles. The minimum atomic E-state index is -0.135. The summed E-state index contributed by atoms with van der Waals surface area (Å²) in [6, 6.07) is 0. The second kappa shape index (κ2) is 5.31. The fourth-order valence-electron chi connectivity index (χ4n) is 2.46. The van der Waals surface area contributed by atoms with Crippen LogP contribution < -0.4 is 5.32 Å². The van der Waals surface area contributed by atoms with Gasteiger partial charge in [-0.2, -0.15) is 0 Å². The van der Waals surface area contributed by atoms with E-state index in [1.54, 1.807) is 0 Å². The molecule has 2 rings (SSSR count). The second-order valence-electron chi connectivity index (χ2n) is 4.41. The molecule has 94 valence electrons. The standard InChI is InChI=1S/C12H19N3O2/c1-3-4-15-8-14-7-11(15)9-5-13-6-10(9)12(16)17-2/h7-10,13H,3-6H2,1-2H3. The average molecular weight is 237 g/mol. The maximum Gasteiger partial charge on any atom is 0.310 e. The molecule has 1 aromatic heterocycles. The quantitative estimate of drug-likeness (QED) is 0.786. The van der Waals surface area contributed by atoms with Crippen molar-refractivity contribution in [1.82, 2.24) is 14.9 Å². The zero-order chi connectivity index (χ0) is 12.3. The van der Waals surface area contributed by atoms with Crippen LogP contribution in [0.3, 0.4) is 0 Å². The van der Waals surface area contributed by atoms with Crippen LogP contribution in [-0.2, 0) is 16.1 Å². The molecule has 0 aromatic carbocycles. The molecule has 2 unspecified atom stereocenters. The molecule has 1 fully saturated rings. The zero-order valence-electron chi connectivity index (χ0n) is 10.3. The van der Waals surface area contributed by atoms with Gasteiger partial charge in [0.15, 0.2) is 0 Å². The molecule has 0 aliphatic carbocycles. The summed E-state index contributed by atoms with van der Waals surface area (Å²) in [5.74, 6) is -0.0481. The van der Waals surface area contributed by atoms with Crippen LogP contribution in [0.1, 0.15) is 25.0 Å². The molecule has 0 saturated carbocycles. The number of methoxy groups -OCH3 is 1. The number of hydrogen-bond acceptors (Lipinski definition) is 4.